The molecular weight excluding hydrogens is 456 g/mol. The van der Waals surface area contributed by atoms with Crippen molar-refractivity contribution in [2.75, 3.05) is 7.11 Å². The number of benzene rings is 2. The lowest BCUT2D eigenvalue weighted by Crippen LogP contribution is -2.06. The molecule has 0 N–H and O–H groups in total. The molecule has 0 saturated carbocycles. The molecule has 0 bridgehead atoms. The Balaban J connectivity index is 1.63. The summed E-state index contributed by atoms with van der Waals surface area (Å²) in [6, 6.07) is 15.3. The maximum Gasteiger partial charge on any atom is 0.363 e. The molecule has 30 heavy (non-hydrogen) atoms. The number of nitrogens with zero attached hydrogens (tertiary/aromatic N) is 2. The van der Waals surface area contributed by atoms with Crippen LogP contribution in [0.3, 0.4) is 0 Å². The fourth-order valence-corrected chi connectivity index (χ4v) is 3.10. The lowest BCUT2D eigenvalue weighted by molar-refractivity contribution is -0.385. The molecule has 3 aromatic rings. The van der Waals surface area contributed by atoms with Crippen molar-refractivity contribution in [3.63, 3.8) is 0 Å². The first-order valence-electron chi connectivity index (χ1n) is 8.66. The fourth-order valence-electron chi connectivity index (χ4n) is 2.83. The van der Waals surface area contributed by atoms with Gasteiger partial charge in [0.2, 0.25) is 5.90 Å². The summed E-state index contributed by atoms with van der Waals surface area (Å²) in [5, 5.41) is 11.2. The lowest BCUT2D eigenvalue weighted by Gasteiger charge is -2.03. The number of methoxy groups -OCH3 is 1. The molecule has 150 valence electrons. The molecule has 0 unspecified atom stereocenters. The Morgan fingerprint density at radius 2 is 1.83 bits per heavy atom. The molecule has 0 fully saturated rings. The van der Waals surface area contributed by atoms with Crippen LogP contribution in [-0.4, -0.2) is 23.9 Å². The maximum absolute atomic E-state index is 12.2. The lowest BCUT2D eigenvalue weighted by atomic mass is 10.2. The molecule has 0 saturated heterocycles. The number of carbonyl (C=O) groups excluding carboxylic acids is 1. The zero-order valence-corrected chi connectivity index (χ0v) is 17.1. The normalized spacial score (nSPS) is 14.5. The van der Waals surface area contributed by atoms with Crippen LogP contribution in [0, 0.1) is 10.1 Å². The molecule has 2 aromatic carbocycles. The topological polar surface area (TPSA) is 104 Å². The summed E-state index contributed by atoms with van der Waals surface area (Å²) in [4.78, 5) is 27.0. The third-order valence-corrected chi connectivity index (χ3v) is 4.81. The van der Waals surface area contributed by atoms with Crippen LogP contribution in [-0.2, 0) is 9.53 Å². The summed E-state index contributed by atoms with van der Waals surface area (Å²) >= 11 is 3.38. The van der Waals surface area contributed by atoms with E-state index in [0.717, 1.165) is 10.0 Å². The number of ether oxygens (including phenoxy) is 2. The summed E-state index contributed by atoms with van der Waals surface area (Å²) in [5.41, 5.74) is 0.942. The monoisotopic (exact) mass is 468 g/mol. The predicted molar refractivity (Wildman–Crippen MR) is 112 cm³/mol. The number of hydrogen-bond donors (Lipinski definition) is 0. The highest BCUT2D eigenvalue weighted by atomic mass is 79.9. The highest BCUT2D eigenvalue weighted by Gasteiger charge is 2.27. The Morgan fingerprint density at radius 3 is 2.53 bits per heavy atom. The molecule has 0 aliphatic carbocycles. The Bertz CT molecular complexity index is 1210. The van der Waals surface area contributed by atoms with Crippen LogP contribution in [0.15, 0.2) is 74.2 Å². The summed E-state index contributed by atoms with van der Waals surface area (Å²) in [7, 11) is 1.34. The van der Waals surface area contributed by atoms with E-state index in [0.29, 0.717) is 11.5 Å². The average Bonchev–Trinajstić information content (AvgIpc) is 3.35. The van der Waals surface area contributed by atoms with Crippen molar-refractivity contribution in [3.05, 3.63) is 86.2 Å². The first-order chi connectivity index (χ1) is 14.4. The minimum atomic E-state index is -0.676. The van der Waals surface area contributed by atoms with Crippen LogP contribution in [0.1, 0.15) is 11.3 Å². The van der Waals surface area contributed by atoms with E-state index < -0.39 is 10.9 Å². The van der Waals surface area contributed by atoms with Crippen molar-refractivity contribution in [1.82, 2.24) is 0 Å². The number of cyclic esters (lactones) is 1. The third-order valence-electron chi connectivity index (χ3n) is 4.28. The third kappa shape index (κ3) is 3.87. The summed E-state index contributed by atoms with van der Waals surface area (Å²) in [6.45, 7) is 0. The smallest absolute Gasteiger partial charge is 0.363 e. The molecule has 4 rings (SSSR count). The molecule has 0 amide bonds. The van der Waals surface area contributed by atoms with Crippen LogP contribution in [0.5, 0.6) is 5.75 Å². The van der Waals surface area contributed by atoms with Crippen molar-refractivity contribution in [3.8, 4) is 17.1 Å². The van der Waals surface area contributed by atoms with Gasteiger partial charge in [-0.25, -0.2) is 9.79 Å². The van der Waals surface area contributed by atoms with E-state index in [1.807, 2.05) is 24.3 Å². The number of nitro benzene ring substituents is 1. The van der Waals surface area contributed by atoms with E-state index in [4.69, 9.17) is 13.9 Å². The second kappa shape index (κ2) is 7.96. The van der Waals surface area contributed by atoms with Crippen LogP contribution in [0.2, 0.25) is 0 Å². The van der Waals surface area contributed by atoms with Gasteiger partial charge in [-0.2, -0.15) is 0 Å². The highest BCUT2D eigenvalue weighted by Crippen LogP contribution is 2.30. The summed E-state index contributed by atoms with van der Waals surface area (Å²) in [6.07, 6.45) is 1.45. The first-order valence-corrected chi connectivity index (χ1v) is 9.45. The Hall–Kier alpha value is -3.72. The van der Waals surface area contributed by atoms with Gasteiger partial charge in [0.05, 0.1) is 12.0 Å². The molecule has 2 heterocycles. The Labute approximate surface area is 178 Å². The van der Waals surface area contributed by atoms with Gasteiger partial charge < -0.3 is 13.9 Å². The maximum atomic E-state index is 12.2. The van der Waals surface area contributed by atoms with Crippen molar-refractivity contribution < 1.29 is 23.6 Å². The summed E-state index contributed by atoms with van der Waals surface area (Å²) < 4.78 is 16.9. The number of esters is 1. The van der Waals surface area contributed by atoms with Gasteiger partial charge in [-0.3, -0.25) is 10.1 Å². The number of furan rings is 1. The van der Waals surface area contributed by atoms with Crippen molar-refractivity contribution in [2.24, 2.45) is 4.99 Å². The van der Waals surface area contributed by atoms with Gasteiger partial charge in [0.25, 0.3) is 0 Å². The Morgan fingerprint density at radius 1 is 1.10 bits per heavy atom. The van der Waals surface area contributed by atoms with E-state index in [2.05, 4.69) is 20.9 Å². The van der Waals surface area contributed by atoms with Gasteiger partial charge in [-0.15, -0.1) is 0 Å². The van der Waals surface area contributed by atoms with Crippen LogP contribution >= 0.6 is 15.9 Å². The zero-order chi connectivity index (χ0) is 21.3. The molecule has 1 aliphatic heterocycles. The van der Waals surface area contributed by atoms with E-state index in [-0.39, 0.29) is 28.6 Å². The minimum absolute atomic E-state index is 0.0279. The van der Waals surface area contributed by atoms with Gasteiger partial charge in [-0.1, -0.05) is 28.1 Å². The molecule has 1 aromatic heterocycles. The van der Waals surface area contributed by atoms with Crippen LogP contribution in [0.4, 0.5) is 5.69 Å². The fraction of sp³-hybridized carbons (Fsp3) is 0.0476. The minimum Gasteiger partial charge on any atom is -0.490 e. The van der Waals surface area contributed by atoms with Crippen molar-refractivity contribution in [2.45, 2.75) is 0 Å². The predicted octanol–water partition coefficient (Wildman–Crippen LogP) is 4.97. The van der Waals surface area contributed by atoms with E-state index in [9.17, 15) is 14.9 Å². The number of carbonyl (C=O) groups is 1. The Kier molecular flexibility index (Phi) is 5.20. The van der Waals surface area contributed by atoms with Crippen LogP contribution < -0.4 is 4.74 Å². The van der Waals surface area contributed by atoms with Crippen molar-refractivity contribution in [1.29, 1.82) is 0 Å². The molecule has 9 heteroatoms. The zero-order valence-electron chi connectivity index (χ0n) is 15.5. The molecule has 1 aliphatic rings. The van der Waals surface area contributed by atoms with E-state index in [1.54, 1.807) is 12.1 Å². The van der Waals surface area contributed by atoms with E-state index >= 15 is 0 Å². The second-order valence-electron chi connectivity index (χ2n) is 6.19. The number of hydrogen-bond acceptors (Lipinski definition) is 7. The number of aliphatic imine (C=N–C) groups is 1. The first kappa shape index (κ1) is 19.6. The molecule has 0 atom stereocenters. The molecule has 0 radical (unpaired) electrons. The SMILES string of the molecule is COc1ccc(C2=NC(=Cc3ccc(-c4ccc(Br)cc4)o3)C(=O)O2)cc1[N+](=O)[O-]. The van der Waals surface area contributed by atoms with Gasteiger partial charge in [0.15, 0.2) is 11.4 Å². The highest BCUT2D eigenvalue weighted by molar-refractivity contribution is 9.10. The van der Waals surface area contributed by atoms with Gasteiger partial charge >= 0.3 is 11.7 Å². The number of halogens is 1. The second-order valence-corrected chi connectivity index (χ2v) is 7.10. The molecule has 8 nitrogen and oxygen atoms in total. The summed E-state index contributed by atoms with van der Waals surface area (Å²) in [5.74, 6) is 0.448. The molecular formula is C21H13BrN2O6. The quantitative estimate of drug-likeness (QED) is 0.226. The van der Waals surface area contributed by atoms with Gasteiger partial charge in [0.1, 0.15) is 11.5 Å². The average molecular weight is 469 g/mol. The van der Waals surface area contributed by atoms with Gasteiger partial charge in [0, 0.05) is 27.7 Å². The van der Waals surface area contributed by atoms with E-state index in [1.165, 1.54) is 31.4 Å². The van der Waals surface area contributed by atoms with Gasteiger partial charge in [-0.05, 0) is 36.4 Å². The van der Waals surface area contributed by atoms with Crippen molar-refractivity contribution >= 4 is 39.6 Å². The van der Waals surface area contributed by atoms with Crippen LogP contribution in [0.25, 0.3) is 17.4 Å². The number of nitro groups is 1. The molecule has 0 spiro atoms. The standard InChI is InChI=1S/C21H13BrN2O6/c1-28-19-8-4-13(10-17(19)24(26)27)20-23-16(21(25)30-20)11-15-7-9-18(29-15)12-2-5-14(22)6-3-12/h2-11H,1H3. The largest absolute Gasteiger partial charge is 0.490 e. The number of rotatable bonds is 5.